The summed E-state index contributed by atoms with van der Waals surface area (Å²) in [5.74, 6) is -0.252. The first kappa shape index (κ1) is 15.0. The number of aromatic nitrogens is 4. The lowest BCUT2D eigenvalue weighted by Crippen LogP contribution is -2.22. The number of nitrogens with zero attached hydrogens (tertiary/aromatic N) is 5. The van der Waals surface area contributed by atoms with Gasteiger partial charge in [0.2, 0.25) is 0 Å². The van der Waals surface area contributed by atoms with Gasteiger partial charge in [0.15, 0.2) is 5.82 Å². The predicted molar refractivity (Wildman–Crippen MR) is 72.5 cm³/mol. The van der Waals surface area contributed by atoms with E-state index in [1.54, 1.807) is 0 Å². The molecule has 9 heteroatoms. The second kappa shape index (κ2) is 6.35. The Balaban J connectivity index is 2.39. The Morgan fingerprint density at radius 1 is 1.48 bits per heavy atom. The number of nitro benzene ring substituents is 1. The minimum absolute atomic E-state index is 0.165. The number of hydrogen-bond donors (Lipinski definition) is 1. The summed E-state index contributed by atoms with van der Waals surface area (Å²) >= 11 is 0. The van der Waals surface area contributed by atoms with Crippen molar-refractivity contribution in [3.63, 3.8) is 0 Å². The minimum atomic E-state index is -0.713. The van der Waals surface area contributed by atoms with E-state index in [-0.39, 0.29) is 17.4 Å². The lowest BCUT2D eigenvalue weighted by atomic mass is 10.2. The number of halogens is 1. The van der Waals surface area contributed by atoms with Gasteiger partial charge in [-0.3, -0.25) is 10.1 Å². The molecule has 0 spiro atoms. The zero-order chi connectivity index (χ0) is 15.4. The highest BCUT2D eigenvalue weighted by Gasteiger charge is 2.18. The molecule has 0 aliphatic rings. The van der Waals surface area contributed by atoms with Crippen LogP contribution in [0.15, 0.2) is 18.2 Å². The molecule has 1 heterocycles. The van der Waals surface area contributed by atoms with Crippen LogP contribution in [-0.4, -0.2) is 31.7 Å². The van der Waals surface area contributed by atoms with Crippen LogP contribution in [0.2, 0.25) is 0 Å². The normalized spacial score (nSPS) is 12.3. The molecule has 1 unspecified atom stereocenters. The fraction of sp³-hybridized carbons (Fsp3) is 0.417. The summed E-state index contributed by atoms with van der Waals surface area (Å²) in [6, 6.07) is 3.07. The molecule has 8 nitrogen and oxygen atoms in total. The third-order valence-electron chi connectivity index (χ3n) is 2.90. The molecule has 0 radical (unpaired) electrons. The highest BCUT2D eigenvalue weighted by molar-refractivity contribution is 5.43. The average Bonchev–Trinajstić information content (AvgIpc) is 2.93. The van der Waals surface area contributed by atoms with Crippen LogP contribution in [0.3, 0.4) is 0 Å². The van der Waals surface area contributed by atoms with Crippen molar-refractivity contribution in [3.05, 3.63) is 40.0 Å². The summed E-state index contributed by atoms with van der Waals surface area (Å²) < 4.78 is 14.8. The molecule has 0 saturated heterocycles. The molecular weight excluding hydrogens is 279 g/mol. The van der Waals surface area contributed by atoms with Gasteiger partial charge in [-0.25, -0.2) is 4.39 Å². The molecule has 0 amide bonds. The number of benzene rings is 1. The lowest BCUT2D eigenvalue weighted by Gasteiger charge is -2.12. The van der Waals surface area contributed by atoms with Crippen LogP contribution < -0.4 is 5.32 Å². The van der Waals surface area contributed by atoms with Crippen molar-refractivity contribution in [3.8, 4) is 5.69 Å². The number of nitrogens with one attached hydrogen (secondary N) is 1. The molecule has 0 saturated carbocycles. The molecule has 1 aromatic carbocycles. The van der Waals surface area contributed by atoms with E-state index in [0.29, 0.717) is 5.82 Å². The molecular formula is C12H15FN6O2. The molecule has 0 aliphatic heterocycles. The summed E-state index contributed by atoms with van der Waals surface area (Å²) in [5.41, 5.74) is -0.132. The van der Waals surface area contributed by atoms with Crippen LogP contribution in [0, 0.1) is 15.9 Å². The van der Waals surface area contributed by atoms with Gasteiger partial charge in [0.25, 0.3) is 5.69 Å². The van der Waals surface area contributed by atoms with Gasteiger partial charge in [0.1, 0.15) is 5.82 Å². The first-order valence-corrected chi connectivity index (χ1v) is 6.50. The number of non-ortho nitro benzene ring substituents is 1. The van der Waals surface area contributed by atoms with Gasteiger partial charge in [-0.15, -0.1) is 5.10 Å². The van der Waals surface area contributed by atoms with E-state index in [0.717, 1.165) is 25.1 Å². The number of hydrogen-bond acceptors (Lipinski definition) is 6. The third kappa shape index (κ3) is 3.37. The van der Waals surface area contributed by atoms with Crippen LogP contribution in [0.5, 0.6) is 0 Å². The molecule has 2 rings (SSSR count). The molecule has 1 aromatic heterocycles. The van der Waals surface area contributed by atoms with Crippen molar-refractivity contribution in [1.29, 1.82) is 0 Å². The Morgan fingerprint density at radius 3 is 2.90 bits per heavy atom. The van der Waals surface area contributed by atoms with Crippen molar-refractivity contribution < 1.29 is 9.31 Å². The van der Waals surface area contributed by atoms with Gasteiger partial charge in [0.05, 0.1) is 22.7 Å². The number of tetrazole rings is 1. The van der Waals surface area contributed by atoms with Crippen LogP contribution in [-0.2, 0) is 0 Å². The van der Waals surface area contributed by atoms with Gasteiger partial charge in [-0.2, -0.15) is 4.68 Å². The maximum absolute atomic E-state index is 13.5. The fourth-order valence-electron chi connectivity index (χ4n) is 1.89. The summed E-state index contributed by atoms with van der Waals surface area (Å²) in [7, 11) is 0. The highest BCUT2D eigenvalue weighted by atomic mass is 19.1. The maximum atomic E-state index is 13.5. The summed E-state index contributed by atoms with van der Waals surface area (Å²) in [5, 5.41) is 25.2. The number of nitro groups is 1. The van der Waals surface area contributed by atoms with Crippen LogP contribution in [0.4, 0.5) is 10.1 Å². The van der Waals surface area contributed by atoms with E-state index in [9.17, 15) is 14.5 Å². The van der Waals surface area contributed by atoms with Crippen molar-refractivity contribution in [1.82, 2.24) is 25.5 Å². The highest BCUT2D eigenvalue weighted by Crippen LogP contribution is 2.21. The van der Waals surface area contributed by atoms with E-state index in [1.165, 1.54) is 10.7 Å². The average molecular weight is 294 g/mol. The number of rotatable bonds is 6. The quantitative estimate of drug-likeness (QED) is 0.644. The van der Waals surface area contributed by atoms with Gasteiger partial charge >= 0.3 is 0 Å². The van der Waals surface area contributed by atoms with Crippen LogP contribution in [0.25, 0.3) is 5.69 Å². The van der Waals surface area contributed by atoms with Crippen LogP contribution in [0.1, 0.15) is 32.1 Å². The Morgan fingerprint density at radius 2 is 2.24 bits per heavy atom. The van der Waals surface area contributed by atoms with Crippen LogP contribution >= 0.6 is 0 Å². The first-order chi connectivity index (χ1) is 10.0. The Hall–Kier alpha value is -2.42. The zero-order valence-corrected chi connectivity index (χ0v) is 11.7. The Labute approximate surface area is 120 Å². The Bertz CT molecular complexity index is 644. The molecule has 2 aromatic rings. The minimum Gasteiger partial charge on any atom is -0.307 e. The largest absolute Gasteiger partial charge is 0.307 e. The first-order valence-electron chi connectivity index (χ1n) is 6.50. The molecule has 112 valence electrons. The lowest BCUT2D eigenvalue weighted by molar-refractivity contribution is -0.385. The molecule has 0 bridgehead atoms. The molecule has 1 atom stereocenters. The van der Waals surface area contributed by atoms with Crippen molar-refractivity contribution in [2.75, 3.05) is 6.54 Å². The third-order valence-corrected chi connectivity index (χ3v) is 2.90. The maximum Gasteiger partial charge on any atom is 0.274 e. The van der Waals surface area contributed by atoms with Gasteiger partial charge in [-0.1, -0.05) is 6.92 Å². The SMILES string of the molecule is CCCNC(C)c1nnnn1-c1cc(F)cc([N+](=O)[O-])c1. The second-order valence-electron chi connectivity index (χ2n) is 4.55. The van der Waals surface area contributed by atoms with Gasteiger partial charge in [0, 0.05) is 12.1 Å². The van der Waals surface area contributed by atoms with E-state index in [2.05, 4.69) is 20.8 Å². The zero-order valence-electron chi connectivity index (χ0n) is 11.7. The second-order valence-corrected chi connectivity index (χ2v) is 4.55. The van der Waals surface area contributed by atoms with E-state index in [4.69, 9.17) is 0 Å². The predicted octanol–water partition coefficient (Wildman–Crippen LogP) is 1.77. The standard InChI is InChI=1S/C12H15FN6O2/c1-3-4-14-8(2)12-15-16-17-18(12)10-5-9(13)6-11(7-10)19(20)21/h5-8,14H,3-4H2,1-2H3. The van der Waals surface area contributed by atoms with Gasteiger partial charge < -0.3 is 5.32 Å². The fourth-order valence-corrected chi connectivity index (χ4v) is 1.89. The van der Waals surface area contributed by atoms with Gasteiger partial charge in [-0.05, 0) is 30.3 Å². The molecule has 0 aliphatic carbocycles. The van der Waals surface area contributed by atoms with Crippen molar-refractivity contribution in [2.24, 2.45) is 0 Å². The molecule has 1 N–H and O–H groups in total. The van der Waals surface area contributed by atoms with E-state index < -0.39 is 10.7 Å². The summed E-state index contributed by atoms with van der Waals surface area (Å²) in [6.07, 6.45) is 0.942. The molecule has 21 heavy (non-hydrogen) atoms. The summed E-state index contributed by atoms with van der Waals surface area (Å²) in [6.45, 7) is 4.67. The Kier molecular flexibility index (Phi) is 4.53. The summed E-state index contributed by atoms with van der Waals surface area (Å²) in [4.78, 5) is 10.1. The monoisotopic (exact) mass is 294 g/mol. The molecule has 0 fully saturated rings. The van der Waals surface area contributed by atoms with E-state index in [1.807, 2.05) is 13.8 Å². The topological polar surface area (TPSA) is 98.8 Å². The van der Waals surface area contributed by atoms with E-state index >= 15 is 0 Å². The van der Waals surface area contributed by atoms with Crippen molar-refractivity contribution in [2.45, 2.75) is 26.3 Å². The van der Waals surface area contributed by atoms with Crippen molar-refractivity contribution >= 4 is 5.69 Å². The smallest absolute Gasteiger partial charge is 0.274 e.